The van der Waals surface area contributed by atoms with E-state index >= 15 is 0 Å². The molecule has 0 saturated heterocycles. The second kappa shape index (κ2) is 3.93. The number of nitrogens with one attached hydrogen (secondary N) is 2. The van der Waals surface area contributed by atoms with Crippen LogP contribution in [0.4, 0.5) is 0 Å². The molecule has 1 aromatic carbocycles. The summed E-state index contributed by atoms with van der Waals surface area (Å²) in [5, 5.41) is 14.1. The van der Waals surface area contributed by atoms with Gasteiger partial charge >= 0.3 is 0 Å². The monoisotopic (exact) mass is 228 g/mol. The largest absolute Gasteiger partial charge is 0.508 e. The van der Waals surface area contributed by atoms with Crippen molar-refractivity contribution in [2.24, 2.45) is 0 Å². The molecule has 1 aromatic heterocycles. The maximum Gasteiger partial charge on any atom is 0.116 e. The first kappa shape index (κ1) is 10.4. The van der Waals surface area contributed by atoms with Gasteiger partial charge < -0.3 is 15.4 Å². The van der Waals surface area contributed by atoms with Crippen molar-refractivity contribution < 1.29 is 5.11 Å². The van der Waals surface area contributed by atoms with Crippen LogP contribution >= 0.6 is 0 Å². The van der Waals surface area contributed by atoms with Crippen molar-refractivity contribution in [3.63, 3.8) is 0 Å². The van der Waals surface area contributed by atoms with E-state index in [-0.39, 0.29) is 0 Å². The molecule has 17 heavy (non-hydrogen) atoms. The van der Waals surface area contributed by atoms with E-state index in [2.05, 4.69) is 23.3 Å². The van der Waals surface area contributed by atoms with Gasteiger partial charge in [0, 0.05) is 35.2 Å². The van der Waals surface area contributed by atoms with Gasteiger partial charge in [0.25, 0.3) is 0 Å². The number of benzene rings is 1. The number of H-pyrrole nitrogens is 1. The molecule has 0 aliphatic carbocycles. The van der Waals surface area contributed by atoms with Crippen LogP contribution in [0.2, 0.25) is 0 Å². The predicted octanol–water partition coefficient (Wildman–Crippen LogP) is 2.64. The third-order valence-electron chi connectivity index (χ3n) is 3.35. The molecule has 2 aromatic rings. The van der Waals surface area contributed by atoms with Crippen LogP contribution in [-0.4, -0.2) is 22.7 Å². The van der Waals surface area contributed by atoms with E-state index in [0.29, 0.717) is 11.8 Å². The first-order valence-corrected chi connectivity index (χ1v) is 5.97. The highest BCUT2D eigenvalue weighted by Crippen LogP contribution is 2.31. The van der Waals surface area contributed by atoms with Crippen LogP contribution in [0.5, 0.6) is 5.75 Å². The fourth-order valence-corrected chi connectivity index (χ4v) is 2.46. The fourth-order valence-electron chi connectivity index (χ4n) is 2.46. The maximum absolute atomic E-state index is 9.58. The van der Waals surface area contributed by atoms with Crippen molar-refractivity contribution in [2.45, 2.75) is 19.4 Å². The molecular weight excluding hydrogens is 212 g/mol. The summed E-state index contributed by atoms with van der Waals surface area (Å²) >= 11 is 0. The van der Waals surface area contributed by atoms with Crippen molar-refractivity contribution >= 4 is 16.5 Å². The zero-order valence-corrected chi connectivity index (χ0v) is 9.83. The first-order valence-electron chi connectivity index (χ1n) is 5.97. The van der Waals surface area contributed by atoms with Crippen molar-refractivity contribution in [1.82, 2.24) is 10.3 Å². The Morgan fingerprint density at radius 2 is 2.24 bits per heavy atom. The highest BCUT2D eigenvalue weighted by atomic mass is 16.3. The minimum atomic E-state index is 0.320. The molecule has 1 unspecified atom stereocenters. The van der Waals surface area contributed by atoms with Gasteiger partial charge in [0.1, 0.15) is 5.75 Å². The number of rotatable bonds is 1. The van der Waals surface area contributed by atoms with Crippen LogP contribution in [0, 0.1) is 0 Å². The molecule has 0 saturated carbocycles. The molecule has 0 fully saturated rings. The van der Waals surface area contributed by atoms with E-state index in [1.54, 1.807) is 6.07 Å². The zero-order valence-electron chi connectivity index (χ0n) is 9.83. The van der Waals surface area contributed by atoms with Crippen molar-refractivity contribution in [2.75, 3.05) is 6.54 Å². The molecule has 88 valence electrons. The molecule has 2 heterocycles. The Kier molecular flexibility index (Phi) is 2.41. The quantitative estimate of drug-likeness (QED) is 0.702. The summed E-state index contributed by atoms with van der Waals surface area (Å²) in [6, 6.07) is 5.97. The zero-order chi connectivity index (χ0) is 11.8. The number of aromatic amines is 1. The molecule has 3 heteroatoms. The smallest absolute Gasteiger partial charge is 0.116 e. The van der Waals surface area contributed by atoms with Gasteiger partial charge in [-0.3, -0.25) is 0 Å². The highest BCUT2D eigenvalue weighted by molar-refractivity contribution is 5.93. The molecule has 3 nitrogen and oxygen atoms in total. The van der Waals surface area contributed by atoms with E-state index in [1.165, 1.54) is 11.1 Å². The van der Waals surface area contributed by atoms with Gasteiger partial charge in [-0.05, 0) is 37.1 Å². The standard InChI is InChI=1S/C14H16N2O/c1-9-6-10(4-5-15-9)13-8-16-14-3-2-11(17)7-12(13)14/h2-4,7-9,15-17H,5-6H2,1H3. The minimum Gasteiger partial charge on any atom is -0.508 e. The summed E-state index contributed by atoms with van der Waals surface area (Å²) < 4.78 is 0. The van der Waals surface area contributed by atoms with Crippen molar-refractivity contribution in [1.29, 1.82) is 0 Å². The lowest BCUT2D eigenvalue weighted by molar-refractivity contribution is 0.476. The van der Waals surface area contributed by atoms with Crippen molar-refractivity contribution in [3.8, 4) is 5.75 Å². The number of phenolic OH excluding ortho intramolecular Hbond substituents is 1. The van der Waals surface area contributed by atoms with Crippen LogP contribution in [-0.2, 0) is 0 Å². The van der Waals surface area contributed by atoms with Gasteiger partial charge in [-0.15, -0.1) is 0 Å². The summed E-state index contributed by atoms with van der Waals surface area (Å²) in [4.78, 5) is 3.26. The molecule has 0 bridgehead atoms. The van der Waals surface area contributed by atoms with Crippen LogP contribution in [0.3, 0.4) is 0 Å². The molecule has 0 amide bonds. The lowest BCUT2D eigenvalue weighted by atomic mass is 9.96. The highest BCUT2D eigenvalue weighted by Gasteiger charge is 2.15. The van der Waals surface area contributed by atoms with Crippen LogP contribution < -0.4 is 5.32 Å². The van der Waals surface area contributed by atoms with E-state index in [0.717, 1.165) is 23.9 Å². The van der Waals surface area contributed by atoms with Crippen LogP contribution in [0.25, 0.3) is 16.5 Å². The van der Waals surface area contributed by atoms with E-state index in [9.17, 15) is 5.11 Å². The molecular formula is C14H16N2O. The van der Waals surface area contributed by atoms with Gasteiger partial charge in [0.05, 0.1) is 0 Å². The maximum atomic E-state index is 9.58. The minimum absolute atomic E-state index is 0.320. The third kappa shape index (κ3) is 1.83. The topological polar surface area (TPSA) is 48.0 Å². The first-order chi connectivity index (χ1) is 8.24. The molecule has 1 aliphatic heterocycles. The van der Waals surface area contributed by atoms with Crippen LogP contribution in [0.1, 0.15) is 18.9 Å². The van der Waals surface area contributed by atoms with E-state index in [1.807, 2.05) is 18.3 Å². The summed E-state index contributed by atoms with van der Waals surface area (Å²) in [6.45, 7) is 3.11. The average molecular weight is 228 g/mol. The number of hydrogen-bond donors (Lipinski definition) is 3. The Balaban J connectivity index is 2.11. The van der Waals surface area contributed by atoms with Crippen molar-refractivity contribution in [3.05, 3.63) is 36.0 Å². The summed E-state index contributed by atoms with van der Waals surface area (Å²) in [7, 11) is 0. The number of phenols is 1. The Labute approximate surface area is 100 Å². The summed E-state index contributed by atoms with van der Waals surface area (Å²) in [5.74, 6) is 0.320. The Morgan fingerprint density at radius 1 is 1.35 bits per heavy atom. The Morgan fingerprint density at radius 3 is 3.06 bits per heavy atom. The van der Waals surface area contributed by atoms with Gasteiger partial charge in [0.2, 0.25) is 0 Å². The predicted molar refractivity (Wildman–Crippen MR) is 70.0 cm³/mol. The lowest BCUT2D eigenvalue weighted by Crippen LogP contribution is -2.29. The molecule has 3 N–H and O–H groups in total. The molecule has 1 atom stereocenters. The molecule has 1 aliphatic rings. The second-order valence-electron chi connectivity index (χ2n) is 4.68. The number of fused-ring (bicyclic) bond motifs is 1. The van der Waals surface area contributed by atoms with E-state index in [4.69, 9.17) is 0 Å². The fraction of sp³-hybridized carbons (Fsp3) is 0.286. The van der Waals surface area contributed by atoms with Gasteiger partial charge in [0.15, 0.2) is 0 Å². The van der Waals surface area contributed by atoms with Gasteiger partial charge in [-0.25, -0.2) is 0 Å². The Bertz CT molecular complexity index is 583. The number of hydrogen-bond acceptors (Lipinski definition) is 2. The third-order valence-corrected chi connectivity index (χ3v) is 3.35. The Hall–Kier alpha value is -1.74. The SMILES string of the molecule is CC1CC(c2c[nH]c3ccc(O)cc23)=CCN1. The number of aromatic hydroxyl groups is 1. The molecule has 0 spiro atoms. The molecule has 3 rings (SSSR count). The lowest BCUT2D eigenvalue weighted by Gasteiger charge is -2.20. The molecule has 0 radical (unpaired) electrons. The summed E-state index contributed by atoms with van der Waals surface area (Å²) in [5.41, 5.74) is 3.64. The average Bonchev–Trinajstić information content (AvgIpc) is 2.71. The second-order valence-corrected chi connectivity index (χ2v) is 4.68. The number of aromatic nitrogens is 1. The normalized spacial score (nSPS) is 20.5. The van der Waals surface area contributed by atoms with Crippen LogP contribution in [0.15, 0.2) is 30.5 Å². The van der Waals surface area contributed by atoms with Gasteiger partial charge in [-0.1, -0.05) is 6.08 Å². The van der Waals surface area contributed by atoms with Gasteiger partial charge in [-0.2, -0.15) is 0 Å². The van der Waals surface area contributed by atoms with E-state index < -0.39 is 0 Å². The summed E-state index contributed by atoms with van der Waals surface area (Å²) in [6.07, 6.45) is 5.29.